The van der Waals surface area contributed by atoms with Crippen molar-refractivity contribution < 1.29 is 19.1 Å². The van der Waals surface area contributed by atoms with Gasteiger partial charge in [0.2, 0.25) is 0 Å². The Kier molecular flexibility index (Phi) is 6.11. The van der Waals surface area contributed by atoms with Gasteiger partial charge >= 0.3 is 5.97 Å². The van der Waals surface area contributed by atoms with Gasteiger partial charge in [-0.05, 0) is 67.1 Å². The minimum atomic E-state index is -0.905. The van der Waals surface area contributed by atoms with E-state index in [0.29, 0.717) is 34.8 Å². The Morgan fingerprint density at radius 1 is 1.00 bits per heavy atom. The number of nitrogens with one attached hydrogen (secondary N) is 1. The van der Waals surface area contributed by atoms with Crippen LogP contribution in [0.25, 0.3) is 21.3 Å². The summed E-state index contributed by atoms with van der Waals surface area (Å²) in [4.78, 5) is 28.9. The molecule has 5 rings (SSSR count). The zero-order valence-electron chi connectivity index (χ0n) is 19.5. The molecule has 1 saturated carbocycles. The number of hydrogen-bond donors (Lipinski definition) is 2. The number of carbonyl (C=O) groups is 2. The lowest BCUT2D eigenvalue weighted by molar-refractivity contribution is -0.142. The lowest BCUT2D eigenvalue weighted by Crippen LogP contribution is -2.25. The number of anilines is 2. The van der Waals surface area contributed by atoms with Crippen LogP contribution in [-0.4, -0.2) is 21.8 Å². The van der Waals surface area contributed by atoms with Crippen molar-refractivity contribution in [2.45, 2.75) is 33.1 Å². The summed E-state index contributed by atoms with van der Waals surface area (Å²) in [7, 11) is 0. The van der Waals surface area contributed by atoms with Crippen molar-refractivity contribution in [3.63, 3.8) is 0 Å². The standard InChI is InChI=1S/C28H25FN2O3S/c1-15-12-16(2)26-24(13-15)31-28(35-26)30-23-11-10-19(14-22(23)29)17-6-8-18(9-7-17)25(32)20-4-3-5-21(20)27(33)34/h6-14,20-21H,3-5H2,1-2H3,(H,30,31)(H,33,34). The first-order valence-corrected chi connectivity index (χ1v) is 12.4. The van der Waals surface area contributed by atoms with Crippen molar-refractivity contribution in [3.05, 3.63) is 77.1 Å². The lowest BCUT2D eigenvalue weighted by Gasteiger charge is -2.15. The molecule has 1 aromatic heterocycles. The molecule has 178 valence electrons. The van der Waals surface area contributed by atoms with Crippen molar-refractivity contribution in [2.24, 2.45) is 11.8 Å². The first-order chi connectivity index (χ1) is 16.8. The van der Waals surface area contributed by atoms with Crippen LogP contribution in [0.3, 0.4) is 0 Å². The highest BCUT2D eigenvalue weighted by Gasteiger charge is 2.37. The van der Waals surface area contributed by atoms with Gasteiger partial charge in [0.15, 0.2) is 10.9 Å². The average Bonchev–Trinajstić information content (AvgIpc) is 3.47. The molecule has 0 aliphatic heterocycles. The highest BCUT2D eigenvalue weighted by atomic mass is 32.1. The quantitative estimate of drug-likeness (QED) is 0.282. The van der Waals surface area contributed by atoms with E-state index in [0.717, 1.165) is 33.3 Å². The number of aryl methyl sites for hydroxylation is 2. The molecule has 7 heteroatoms. The summed E-state index contributed by atoms with van der Waals surface area (Å²) >= 11 is 1.50. The summed E-state index contributed by atoms with van der Waals surface area (Å²) in [6.45, 7) is 4.07. The van der Waals surface area contributed by atoms with Crippen molar-refractivity contribution in [2.75, 3.05) is 5.32 Å². The number of halogens is 1. The summed E-state index contributed by atoms with van der Waals surface area (Å²) in [5.74, 6) is -2.52. The van der Waals surface area contributed by atoms with E-state index >= 15 is 0 Å². The van der Waals surface area contributed by atoms with Crippen molar-refractivity contribution in [1.82, 2.24) is 4.98 Å². The van der Waals surface area contributed by atoms with Crippen LogP contribution in [0.15, 0.2) is 54.6 Å². The largest absolute Gasteiger partial charge is 0.481 e. The van der Waals surface area contributed by atoms with Gasteiger partial charge in [-0.1, -0.05) is 54.2 Å². The predicted octanol–water partition coefficient (Wildman–Crippen LogP) is 7.15. The Labute approximate surface area is 206 Å². The predicted molar refractivity (Wildman–Crippen MR) is 137 cm³/mol. The van der Waals surface area contributed by atoms with Crippen LogP contribution in [0.1, 0.15) is 40.7 Å². The molecule has 1 fully saturated rings. The van der Waals surface area contributed by atoms with Crippen molar-refractivity contribution >= 4 is 44.1 Å². The Morgan fingerprint density at radius 3 is 2.43 bits per heavy atom. The number of rotatable bonds is 6. The zero-order chi connectivity index (χ0) is 24.7. The van der Waals surface area contributed by atoms with E-state index in [-0.39, 0.29) is 5.78 Å². The monoisotopic (exact) mass is 488 g/mol. The van der Waals surface area contributed by atoms with Gasteiger partial charge in [0, 0.05) is 11.5 Å². The van der Waals surface area contributed by atoms with Crippen LogP contribution in [0.4, 0.5) is 15.2 Å². The average molecular weight is 489 g/mol. The van der Waals surface area contributed by atoms with E-state index in [1.165, 1.54) is 17.4 Å². The number of thiazole rings is 1. The number of aromatic nitrogens is 1. The third kappa shape index (κ3) is 4.56. The summed E-state index contributed by atoms with van der Waals surface area (Å²) in [6.07, 6.45) is 1.90. The fourth-order valence-corrected chi connectivity index (χ4v) is 5.88. The SMILES string of the molecule is Cc1cc(C)c2sc(Nc3ccc(-c4ccc(C(=O)C5CCCC5C(=O)O)cc4)cc3F)nc2c1. The normalized spacial score (nSPS) is 17.6. The first-order valence-electron chi connectivity index (χ1n) is 11.6. The highest BCUT2D eigenvalue weighted by Crippen LogP contribution is 2.36. The van der Waals surface area contributed by atoms with Crippen LogP contribution in [0.5, 0.6) is 0 Å². The van der Waals surface area contributed by atoms with Gasteiger partial charge in [0.1, 0.15) is 5.82 Å². The number of ketones is 1. The molecular formula is C28H25FN2O3S. The number of carbonyl (C=O) groups excluding carboxylic acids is 1. The molecule has 4 aromatic rings. The topological polar surface area (TPSA) is 79.3 Å². The molecule has 35 heavy (non-hydrogen) atoms. The van der Waals surface area contributed by atoms with Gasteiger partial charge in [-0.15, -0.1) is 0 Å². The molecule has 1 aliphatic rings. The Balaban J connectivity index is 1.33. The second kappa shape index (κ2) is 9.23. The molecule has 0 amide bonds. The van der Waals surface area contributed by atoms with Crippen molar-refractivity contribution in [1.29, 1.82) is 0 Å². The molecule has 3 aromatic carbocycles. The van der Waals surface area contributed by atoms with E-state index in [1.807, 2.05) is 26.0 Å². The van der Waals surface area contributed by atoms with Gasteiger partial charge in [-0.25, -0.2) is 9.37 Å². The van der Waals surface area contributed by atoms with Crippen LogP contribution in [-0.2, 0) is 4.79 Å². The Hall–Kier alpha value is -3.58. The maximum absolute atomic E-state index is 15.0. The molecule has 1 aliphatic carbocycles. The number of aliphatic carboxylic acids is 1. The van der Waals surface area contributed by atoms with Crippen LogP contribution in [0, 0.1) is 31.5 Å². The summed E-state index contributed by atoms with van der Waals surface area (Å²) in [5.41, 5.74) is 5.48. The fourth-order valence-electron chi connectivity index (χ4n) is 4.95. The van der Waals surface area contributed by atoms with Gasteiger partial charge in [-0.2, -0.15) is 0 Å². The fraction of sp³-hybridized carbons (Fsp3) is 0.250. The molecule has 5 nitrogen and oxygen atoms in total. The zero-order valence-corrected chi connectivity index (χ0v) is 20.3. The maximum atomic E-state index is 15.0. The maximum Gasteiger partial charge on any atom is 0.307 e. The Morgan fingerprint density at radius 2 is 1.71 bits per heavy atom. The lowest BCUT2D eigenvalue weighted by atomic mass is 9.88. The van der Waals surface area contributed by atoms with Gasteiger partial charge in [0.05, 0.1) is 21.8 Å². The molecular weight excluding hydrogens is 463 g/mol. The van der Waals surface area contributed by atoms with Gasteiger partial charge in [0.25, 0.3) is 0 Å². The molecule has 1 heterocycles. The number of hydrogen-bond acceptors (Lipinski definition) is 5. The molecule has 2 atom stereocenters. The summed E-state index contributed by atoms with van der Waals surface area (Å²) in [5, 5.41) is 13.1. The van der Waals surface area contributed by atoms with Gasteiger partial charge < -0.3 is 10.4 Å². The number of nitrogens with zero attached hydrogens (tertiary/aromatic N) is 1. The minimum absolute atomic E-state index is 0.131. The minimum Gasteiger partial charge on any atom is -0.481 e. The van der Waals surface area contributed by atoms with E-state index in [1.54, 1.807) is 30.3 Å². The van der Waals surface area contributed by atoms with E-state index in [9.17, 15) is 19.1 Å². The molecule has 2 unspecified atom stereocenters. The first kappa shape index (κ1) is 23.2. The van der Waals surface area contributed by atoms with Crippen LogP contribution >= 0.6 is 11.3 Å². The summed E-state index contributed by atoms with van der Waals surface area (Å²) in [6, 6.07) is 16.0. The third-order valence-electron chi connectivity index (χ3n) is 6.70. The number of Topliss-reactive ketones (excluding diaryl/α,β-unsaturated/α-hetero) is 1. The molecule has 0 spiro atoms. The molecule has 0 radical (unpaired) electrons. The number of fused-ring (bicyclic) bond motifs is 1. The van der Waals surface area contributed by atoms with Crippen LogP contribution < -0.4 is 5.32 Å². The number of benzene rings is 3. The Bertz CT molecular complexity index is 1440. The molecule has 0 saturated heterocycles. The van der Waals surface area contributed by atoms with E-state index in [4.69, 9.17) is 0 Å². The molecule has 2 N–H and O–H groups in total. The van der Waals surface area contributed by atoms with Crippen molar-refractivity contribution in [3.8, 4) is 11.1 Å². The number of carboxylic acid groups (broad SMARTS) is 1. The highest BCUT2D eigenvalue weighted by molar-refractivity contribution is 7.22. The van der Waals surface area contributed by atoms with E-state index in [2.05, 4.69) is 16.4 Å². The smallest absolute Gasteiger partial charge is 0.307 e. The van der Waals surface area contributed by atoms with Crippen LogP contribution in [0.2, 0.25) is 0 Å². The second-order valence-corrected chi connectivity index (χ2v) is 10.2. The summed E-state index contributed by atoms with van der Waals surface area (Å²) < 4.78 is 16.0. The van der Waals surface area contributed by atoms with Gasteiger partial charge in [-0.3, -0.25) is 9.59 Å². The second-order valence-electron chi connectivity index (χ2n) is 9.19. The van der Waals surface area contributed by atoms with E-state index < -0.39 is 23.6 Å². The third-order valence-corrected chi connectivity index (χ3v) is 7.83. The number of carboxylic acids is 1. The molecule has 0 bridgehead atoms.